The first kappa shape index (κ1) is 53.3. The number of nitrogen functional groups attached to an aromatic ring is 1. The van der Waals surface area contributed by atoms with Crippen molar-refractivity contribution < 1.29 is 77.6 Å². The van der Waals surface area contributed by atoms with Gasteiger partial charge in [-0.25, -0.2) is 29.0 Å². The van der Waals surface area contributed by atoms with E-state index in [2.05, 4.69) is 4.65 Å². The molecular formula is C66H35B3N3O16. The number of rotatable bonds is 6. The van der Waals surface area contributed by atoms with E-state index in [-0.39, 0.29) is 22.3 Å². The molecule has 0 unspecified atom stereocenters. The van der Waals surface area contributed by atoms with Gasteiger partial charge in [0.1, 0.15) is 5.75 Å². The highest BCUT2D eigenvalue weighted by Gasteiger charge is 2.39. The van der Waals surface area contributed by atoms with Crippen molar-refractivity contribution in [1.29, 1.82) is 0 Å². The molecule has 4 aliphatic rings. The van der Waals surface area contributed by atoms with Gasteiger partial charge < -0.3 is 45.0 Å². The second kappa shape index (κ2) is 19.6. The molecule has 4 amide bonds. The number of carbonyl (C=O) groups is 8. The quantitative estimate of drug-likeness (QED) is 0.0182. The van der Waals surface area contributed by atoms with Gasteiger partial charge in [-0.3, -0.25) is 19.2 Å². The van der Waals surface area contributed by atoms with Crippen molar-refractivity contribution in [3.05, 3.63) is 214 Å². The van der Waals surface area contributed by atoms with Gasteiger partial charge >= 0.3 is 45.8 Å². The average Bonchev–Trinajstić information content (AvgIpc) is 0.721. The molecule has 0 atom stereocenters. The molecule has 0 fully saturated rings. The second-order valence-electron chi connectivity index (χ2n) is 21.3. The summed E-state index contributed by atoms with van der Waals surface area (Å²) in [5, 5.41) is 58.4. The highest BCUT2D eigenvalue weighted by atomic mass is 16.6. The van der Waals surface area contributed by atoms with Gasteiger partial charge in [-0.15, -0.1) is 0 Å². The molecule has 7 N–H and O–H groups in total. The number of hydrogen-bond donors (Lipinski definition) is 6. The van der Waals surface area contributed by atoms with Gasteiger partial charge in [0.05, 0.1) is 33.6 Å². The van der Waals surface area contributed by atoms with Crippen molar-refractivity contribution in [2.75, 3.05) is 15.5 Å². The van der Waals surface area contributed by atoms with Crippen LogP contribution in [-0.2, 0) is 9.47 Å². The van der Waals surface area contributed by atoms with Crippen LogP contribution in [0.1, 0.15) is 82.9 Å². The molecule has 13 aromatic carbocycles. The molecule has 13 aromatic rings. The van der Waals surface area contributed by atoms with E-state index in [1.165, 1.54) is 24.3 Å². The maximum Gasteiger partial charge on any atom is 0.569 e. The summed E-state index contributed by atoms with van der Waals surface area (Å²) in [4.78, 5) is 107. The Morgan fingerprint density at radius 1 is 0.352 bits per heavy atom. The van der Waals surface area contributed by atoms with Crippen LogP contribution in [0.3, 0.4) is 0 Å². The van der Waals surface area contributed by atoms with Crippen LogP contribution in [0.4, 0.5) is 17.1 Å². The maximum atomic E-state index is 13.9. The summed E-state index contributed by atoms with van der Waals surface area (Å²) in [6.45, 7) is 0. The first-order valence-electron chi connectivity index (χ1n) is 27.1. The number of carbonyl (C=O) groups excluding carboxylic acids is 8. The third kappa shape index (κ3) is 7.67. The molecule has 19 nitrogen and oxygen atoms in total. The summed E-state index contributed by atoms with van der Waals surface area (Å²) in [5.74, 6) is -4.33. The Kier molecular flexibility index (Phi) is 11.9. The number of fused-ring (bicyclic) bond motifs is 4. The smallest absolute Gasteiger partial charge is 0.537 e. The van der Waals surface area contributed by atoms with Gasteiger partial charge in [0, 0.05) is 55.6 Å². The van der Waals surface area contributed by atoms with Gasteiger partial charge in [-0.1, -0.05) is 78.9 Å². The normalized spacial score (nSPS) is 14.1. The van der Waals surface area contributed by atoms with Crippen LogP contribution in [-0.4, -0.2) is 94.5 Å². The summed E-state index contributed by atoms with van der Waals surface area (Å²) in [6.07, 6.45) is 0. The molecule has 17 rings (SSSR count). The van der Waals surface area contributed by atoms with Crippen LogP contribution >= 0.6 is 0 Å². The van der Waals surface area contributed by atoms with Gasteiger partial charge in [-0.05, 0) is 160 Å². The van der Waals surface area contributed by atoms with E-state index in [9.17, 15) is 58.5 Å². The minimum Gasteiger partial charge on any atom is -0.537 e. The zero-order chi connectivity index (χ0) is 60.9. The van der Waals surface area contributed by atoms with Crippen LogP contribution in [0.5, 0.6) is 5.75 Å². The monoisotopic (exact) mass is 1160 g/mol. The largest absolute Gasteiger partial charge is 0.569 e. The number of benzene rings is 13. The predicted octanol–water partition coefficient (Wildman–Crippen LogP) is 7.23. The number of esters is 4. The van der Waals surface area contributed by atoms with Crippen molar-refractivity contribution in [3.8, 4) is 5.75 Å². The lowest BCUT2D eigenvalue weighted by molar-refractivity contribution is 0.0373. The lowest BCUT2D eigenvalue weighted by Crippen LogP contribution is -2.41. The van der Waals surface area contributed by atoms with Crippen LogP contribution in [0, 0.1) is 0 Å². The summed E-state index contributed by atoms with van der Waals surface area (Å²) in [6, 6.07) is 46.5. The molecule has 1 radical (unpaired) electrons. The summed E-state index contributed by atoms with van der Waals surface area (Å²) in [5.41, 5.74) is 9.34. The molecule has 88 heavy (non-hydrogen) atoms. The maximum absolute atomic E-state index is 13.9. The highest BCUT2D eigenvalue weighted by molar-refractivity contribution is 6.59. The zero-order valence-electron chi connectivity index (χ0n) is 45.1. The lowest BCUT2D eigenvalue weighted by atomic mass is 9.79. The third-order valence-corrected chi connectivity index (χ3v) is 16.7. The van der Waals surface area contributed by atoms with Crippen molar-refractivity contribution >= 4 is 184 Å². The van der Waals surface area contributed by atoms with Crippen molar-refractivity contribution in [2.24, 2.45) is 0 Å². The number of ether oxygens (including phenoxy) is 2. The first-order valence-corrected chi connectivity index (χ1v) is 27.1. The summed E-state index contributed by atoms with van der Waals surface area (Å²) < 4.78 is 14.4. The van der Waals surface area contributed by atoms with E-state index in [0.29, 0.717) is 95.9 Å². The number of nitrogens with zero attached hydrogens (tertiary/aromatic N) is 2. The minimum atomic E-state index is -1.78. The SMILES string of the molecule is Nc1cccc(O[B]O)c1.O=C1OC(=O)c2ccc3c4ccc5c6c(ccc(c7ccc1c2c73)c64)C(=O)OC5=O.O=C1c2ccc3c4ccc5c6c(ccc(c7ccc(c2c37)C(=O)N1c1cccc(B(O)O)c1)c64)C(=O)N(c1cccc(B(O)O)c1)C5=O. The van der Waals surface area contributed by atoms with E-state index in [1.807, 2.05) is 48.5 Å². The molecule has 22 heteroatoms. The molecule has 419 valence electrons. The molecule has 0 saturated heterocycles. The van der Waals surface area contributed by atoms with E-state index >= 15 is 0 Å². The Balaban J connectivity index is 0.000000137. The summed E-state index contributed by atoms with van der Waals surface area (Å²) in [7, 11) is -2.93. The predicted molar refractivity (Wildman–Crippen MR) is 329 cm³/mol. The van der Waals surface area contributed by atoms with Gasteiger partial charge in [0.2, 0.25) is 0 Å². The highest BCUT2D eigenvalue weighted by Crippen LogP contribution is 2.49. The van der Waals surface area contributed by atoms with Crippen LogP contribution in [0.15, 0.2) is 170 Å². The standard InChI is InChI=1S/C36H20B2N2O8.C24H8O6.C6H7BNO2/c41-33-25-11-7-21-23-9-13-27-32-28(36(44)40(35(27)43)20-6-2-4-18(16-20)38(47)48)14-10-24(30(23)32)22-8-12-26(31(25)29(21)22)34(42)39(33)19-5-1-3-17(15-19)37(45)46;25-21-13-5-1-9-10-2-6-15-20-16(24(28)30-23(15)27)8-4-12(18(10)20)11-3-7-14(22(26)29-21)19(13)17(9)11;8-5-2-1-3-6(4-5)10-7-9/h1-16,45-48H;1-8H;1-4,9H,8H2. The molecule has 4 aliphatic heterocycles. The van der Waals surface area contributed by atoms with Crippen molar-refractivity contribution in [1.82, 2.24) is 0 Å². The topological polar surface area (TPSA) is 298 Å². The molecule has 0 bridgehead atoms. The third-order valence-electron chi connectivity index (χ3n) is 16.7. The molecule has 0 saturated carbocycles. The fourth-order valence-electron chi connectivity index (χ4n) is 13.0. The number of hydrogen-bond acceptors (Lipinski definition) is 17. The Morgan fingerprint density at radius 3 is 0.920 bits per heavy atom. The fourth-order valence-corrected chi connectivity index (χ4v) is 13.0. The summed E-state index contributed by atoms with van der Waals surface area (Å²) >= 11 is 0. The molecule has 0 spiro atoms. The number of imide groups is 2. The van der Waals surface area contributed by atoms with Gasteiger partial charge in [-0.2, -0.15) is 0 Å². The van der Waals surface area contributed by atoms with Gasteiger partial charge in [0.25, 0.3) is 23.6 Å². The van der Waals surface area contributed by atoms with Crippen LogP contribution < -0.4 is 31.1 Å². The Morgan fingerprint density at radius 2 is 0.636 bits per heavy atom. The molecular weight excluding hydrogens is 1120 g/mol. The van der Waals surface area contributed by atoms with E-state index in [0.717, 1.165) is 63.7 Å². The Hall–Kier alpha value is -11.4. The zero-order valence-corrected chi connectivity index (χ0v) is 45.1. The van der Waals surface area contributed by atoms with Gasteiger partial charge in [0.15, 0.2) is 0 Å². The average molecular weight is 1160 g/mol. The lowest BCUT2D eigenvalue weighted by Gasteiger charge is -2.30. The van der Waals surface area contributed by atoms with E-state index in [4.69, 9.17) is 20.2 Å². The van der Waals surface area contributed by atoms with E-state index in [1.54, 1.807) is 97.1 Å². The first-order chi connectivity index (χ1) is 42.5. The Bertz CT molecular complexity index is 4870. The van der Waals surface area contributed by atoms with Crippen molar-refractivity contribution in [2.45, 2.75) is 0 Å². The number of amides is 4. The fraction of sp³-hybridized carbons (Fsp3) is 0. The minimum absolute atomic E-state index is 0.137. The second-order valence-corrected chi connectivity index (χ2v) is 21.3. The van der Waals surface area contributed by atoms with Crippen LogP contribution in [0.25, 0.3) is 86.2 Å². The van der Waals surface area contributed by atoms with E-state index < -0.39 is 61.7 Å². The van der Waals surface area contributed by atoms with Crippen molar-refractivity contribution in [3.63, 3.8) is 0 Å². The number of cyclic esters (lactones) is 4. The number of anilines is 3. The number of nitrogens with two attached hydrogens (primary N) is 1. The molecule has 0 aliphatic carbocycles. The molecule has 4 heterocycles. The Labute approximate surface area is 494 Å². The van der Waals surface area contributed by atoms with Crippen LogP contribution in [0.2, 0.25) is 0 Å². The molecule has 0 aromatic heterocycles.